The van der Waals surface area contributed by atoms with Gasteiger partial charge in [0.05, 0.1) is 44.1 Å². The minimum Gasteiger partial charge on any atom is -0.445 e. The number of hydrogen-bond acceptors (Lipinski definition) is 17. The van der Waals surface area contributed by atoms with Gasteiger partial charge in [-0.15, -0.1) is 12.4 Å². The van der Waals surface area contributed by atoms with E-state index in [1.54, 1.807) is 59.1 Å². The summed E-state index contributed by atoms with van der Waals surface area (Å²) in [5, 5.41) is 55.0. The van der Waals surface area contributed by atoms with Crippen LogP contribution >= 0.6 is 12.4 Å². The topological polar surface area (TPSA) is 324 Å². The summed E-state index contributed by atoms with van der Waals surface area (Å²) < 4.78 is 92.1. The van der Waals surface area contributed by atoms with E-state index in [4.69, 9.17) is 29.8 Å². The molecule has 4 heterocycles. The molecule has 81 heavy (non-hydrogen) atoms. The molecule has 23 nitrogen and oxygen atoms in total. The Morgan fingerprint density at radius 3 is 1.22 bits per heavy atom. The summed E-state index contributed by atoms with van der Waals surface area (Å²) in [7, 11) is 0. The Bertz CT molecular complexity index is 2020. The predicted molar refractivity (Wildman–Crippen MR) is 283 cm³/mol. The van der Waals surface area contributed by atoms with E-state index >= 15 is 0 Å². The number of nitrogens with two attached hydrogens (primary N) is 1. The van der Waals surface area contributed by atoms with Crippen LogP contribution < -0.4 is 27.0 Å². The number of aliphatic hydroxyl groups excluding tert-OH is 5. The molecule has 8 atom stereocenters. The Morgan fingerprint density at radius 1 is 0.580 bits per heavy atom. The van der Waals surface area contributed by atoms with Crippen LogP contribution in [0.25, 0.3) is 0 Å². The number of halogens is 7. The van der Waals surface area contributed by atoms with Crippen LogP contribution in [0.5, 0.6) is 0 Å². The van der Waals surface area contributed by atoms with Gasteiger partial charge in [-0.05, 0) is 81.3 Å². The van der Waals surface area contributed by atoms with E-state index in [0.29, 0.717) is 39.3 Å². The Labute approximate surface area is 490 Å². The van der Waals surface area contributed by atoms with Crippen LogP contribution in [0.1, 0.15) is 74.8 Å². The average molecular weight is 1300 g/mol. The molecule has 4 aliphatic rings. The molecule has 4 aliphatic heterocycles. The van der Waals surface area contributed by atoms with Crippen LogP contribution in [0, 0.1) is 31.1 Å². The third kappa shape index (κ3) is 33.4. The van der Waals surface area contributed by atoms with Crippen molar-refractivity contribution in [3.63, 3.8) is 0 Å². The molecule has 0 aliphatic carbocycles. The Kier molecular flexibility index (Phi) is 36.8. The van der Waals surface area contributed by atoms with Crippen LogP contribution in [0.3, 0.4) is 0 Å². The first-order chi connectivity index (χ1) is 35.8. The fourth-order valence-corrected chi connectivity index (χ4v) is 7.19. The number of alkyl halides is 6. The van der Waals surface area contributed by atoms with Crippen LogP contribution in [-0.4, -0.2) is 215 Å². The fraction of sp³-hybridized carbons (Fsp3) is 0.740. The monoisotopic (exact) mass is 1290 g/mol. The first-order valence-corrected chi connectivity index (χ1v) is 25.1. The quantitative estimate of drug-likeness (QED) is 0.0734. The number of carbonyl (C=O) groups excluding carboxylic acids is 6. The number of nitrogens with one attached hydrogen (secondary N) is 4. The predicted octanol–water partition coefficient (Wildman–Crippen LogP) is 3.32. The largest absolute Gasteiger partial charge is 0.471 e. The first-order valence-electron chi connectivity index (χ1n) is 25.1. The van der Waals surface area contributed by atoms with E-state index in [0.717, 1.165) is 5.56 Å². The number of β-amino-alcohol motifs (C(OH)–C–C–N with tert-alkyl or cyclic N) is 4. The van der Waals surface area contributed by atoms with Gasteiger partial charge in [0, 0.05) is 103 Å². The van der Waals surface area contributed by atoms with Crippen molar-refractivity contribution >= 4 is 48.6 Å². The van der Waals surface area contributed by atoms with Gasteiger partial charge in [-0.2, -0.15) is 26.3 Å². The standard InChI is InChI=1S/C18H26N2O5.C12H19F3N2O4.C10H20N2O3.C7H11F3N2O2.C2H6O.CH3.ClH.Pd/c1-18(2,3)25-17(23)20-10-14(15(21)11-20)9-19-16(22)24-12-13-7-5-4-6-8-13;1-11(2,3)21-10(20)17-5-7(8(18)6-17)4-16-9(19)12(13,14)15;1-10(2,3)15-9(14)12-5-7(4-11)8(13)6-12;8-7(9,10)6(14)12-2-4-1-11-3-5(4)13;1-2-3;;;/h4-8,14-15,21H,9-12H2,1-3H3,(H,19,22);7-8,18H,4-6H2,1-3H3,(H,16,19);7-8,13H,4-6,11H2,1-3H3;4-5,11,13H,1-3H2,(H,12,14);3H,2H2,1H3;1H3;1H;/q;;;;;-1;;. The molecule has 476 valence electrons. The van der Waals surface area contributed by atoms with E-state index in [-0.39, 0.29) is 117 Å². The number of nitrogens with zero attached hydrogens (tertiary/aromatic N) is 3. The molecule has 1 aromatic rings. The molecule has 0 saturated carbocycles. The van der Waals surface area contributed by atoms with E-state index in [1.165, 1.54) is 14.7 Å². The zero-order chi connectivity index (χ0) is 60.0. The average Bonchev–Trinajstić information content (AvgIpc) is 4.10. The SMILES string of the molecule is CC(C)(C)OC(=O)N1CC(O)C(CN)C1.CC(C)(C)OC(=O)N1CC(O)C(CNC(=O)C(F)(F)F)C1.CC(C)(C)OC(=O)N1CC(O)C(CNC(=O)OCc2ccccc2)C1.CCO.Cl.O=C(NCC1CNCC1O)C(F)(F)F.[CH3-].[Pd]. The molecule has 0 radical (unpaired) electrons. The Morgan fingerprint density at radius 2 is 0.914 bits per heavy atom. The van der Waals surface area contributed by atoms with Crippen molar-refractivity contribution in [1.82, 2.24) is 36.0 Å². The van der Waals surface area contributed by atoms with Crippen molar-refractivity contribution in [3.8, 4) is 0 Å². The number of likely N-dealkylation sites (tertiary alicyclic amines) is 3. The molecule has 6 amide bonds. The van der Waals surface area contributed by atoms with Gasteiger partial charge in [-0.1, -0.05) is 30.3 Å². The molecule has 11 N–H and O–H groups in total. The maximum Gasteiger partial charge on any atom is 0.471 e. The summed E-state index contributed by atoms with van der Waals surface area (Å²) in [6.07, 6.45) is -14.8. The third-order valence-corrected chi connectivity index (χ3v) is 11.1. The Balaban J connectivity index is -0.000000995. The minimum atomic E-state index is -4.96. The Hall–Kier alpha value is -4.51. The van der Waals surface area contributed by atoms with E-state index in [9.17, 15) is 75.5 Å². The molecule has 0 bridgehead atoms. The number of benzene rings is 1. The van der Waals surface area contributed by atoms with Gasteiger partial charge in [-0.25, -0.2) is 19.2 Å². The maximum atomic E-state index is 12.1. The minimum absolute atomic E-state index is 0. The zero-order valence-electron chi connectivity index (χ0n) is 47.6. The molecule has 0 spiro atoms. The van der Waals surface area contributed by atoms with Crippen molar-refractivity contribution in [2.45, 2.75) is 129 Å². The van der Waals surface area contributed by atoms with Gasteiger partial charge in [0.2, 0.25) is 0 Å². The van der Waals surface area contributed by atoms with Gasteiger partial charge >= 0.3 is 48.5 Å². The summed E-state index contributed by atoms with van der Waals surface area (Å²) in [6, 6.07) is 9.37. The molecular weight excluding hydrogens is 1210 g/mol. The maximum absolute atomic E-state index is 12.1. The van der Waals surface area contributed by atoms with Crippen molar-refractivity contribution in [1.29, 1.82) is 0 Å². The number of aliphatic hydroxyl groups is 5. The molecule has 0 aromatic heterocycles. The summed E-state index contributed by atoms with van der Waals surface area (Å²) >= 11 is 0. The van der Waals surface area contributed by atoms with Gasteiger partial charge < -0.3 is 93.6 Å². The normalized spacial score (nSPS) is 22.2. The van der Waals surface area contributed by atoms with Crippen LogP contribution in [0.2, 0.25) is 0 Å². The molecular formula is C50H86ClF6N8O15Pd-. The van der Waals surface area contributed by atoms with E-state index < -0.39 is 89.6 Å². The second-order valence-corrected chi connectivity index (χ2v) is 21.5. The molecule has 4 saturated heterocycles. The second-order valence-electron chi connectivity index (χ2n) is 21.5. The van der Waals surface area contributed by atoms with Gasteiger partial charge in [-0.3, -0.25) is 9.59 Å². The van der Waals surface area contributed by atoms with Gasteiger partial charge in [0.1, 0.15) is 23.4 Å². The number of hydrogen-bond donors (Lipinski definition) is 10. The molecule has 31 heteroatoms. The van der Waals surface area contributed by atoms with Crippen molar-refractivity contribution < 1.29 is 120 Å². The molecule has 5 rings (SSSR count). The number of amides is 6. The summed E-state index contributed by atoms with van der Waals surface area (Å²) in [5.41, 5.74) is 4.59. The summed E-state index contributed by atoms with van der Waals surface area (Å²) in [6.45, 7) is 20.1. The van der Waals surface area contributed by atoms with Crippen LogP contribution in [-0.2, 0) is 55.6 Å². The van der Waals surface area contributed by atoms with Crippen molar-refractivity contribution in [2.24, 2.45) is 29.4 Å². The first kappa shape index (κ1) is 80.7. The molecule has 4 fully saturated rings. The van der Waals surface area contributed by atoms with E-state index in [2.05, 4.69) is 10.6 Å². The van der Waals surface area contributed by atoms with Gasteiger partial charge in [0.15, 0.2) is 0 Å². The smallest absolute Gasteiger partial charge is 0.445 e. The second kappa shape index (κ2) is 36.9. The summed E-state index contributed by atoms with van der Waals surface area (Å²) in [4.78, 5) is 72.5. The molecule has 1 aromatic carbocycles. The number of carbonyl (C=O) groups is 6. The van der Waals surface area contributed by atoms with Crippen LogP contribution in [0.4, 0.5) is 45.5 Å². The number of rotatable bonds is 9. The number of alkyl carbamates (subject to hydrolysis) is 1. The van der Waals surface area contributed by atoms with E-state index in [1.807, 2.05) is 51.1 Å². The third-order valence-electron chi connectivity index (χ3n) is 11.1. The summed E-state index contributed by atoms with van der Waals surface area (Å²) in [5.74, 6) is -5.32. The number of ether oxygens (including phenoxy) is 4. The molecule has 8 unspecified atom stereocenters. The fourth-order valence-electron chi connectivity index (χ4n) is 7.19. The van der Waals surface area contributed by atoms with Crippen LogP contribution in [0.15, 0.2) is 30.3 Å². The zero-order valence-corrected chi connectivity index (χ0v) is 50.0. The van der Waals surface area contributed by atoms with Gasteiger partial charge in [0.25, 0.3) is 0 Å². The van der Waals surface area contributed by atoms with Crippen molar-refractivity contribution in [2.75, 3.05) is 85.1 Å². The van der Waals surface area contributed by atoms with Crippen molar-refractivity contribution in [3.05, 3.63) is 43.3 Å².